The first-order valence-electron chi connectivity index (χ1n) is 21.5. The van der Waals surface area contributed by atoms with Crippen molar-refractivity contribution in [2.45, 2.75) is 78.3 Å². The fraction of sp³-hybridized carbons (Fsp3) is 0.500. The molecule has 13 heteroatoms. The third-order valence-corrected chi connectivity index (χ3v) is 10.5. The summed E-state index contributed by atoms with van der Waals surface area (Å²) in [4.78, 5) is 44.7. The average molecular weight is 841 g/mol. The van der Waals surface area contributed by atoms with Gasteiger partial charge in [-0.3, -0.25) is 14.4 Å². The zero-order valence-electron chi connectivity index (χ0n) is 36.3. The quantitative estimate of drug-likeness (QED) is 0.0535. The maximum Gasteiger partial charge on any atom is 0.305 e. The Bertz CT molecular complexity index is 1980. The molecule has 3 aromatic carbocycles. The number of amides is 2. The Morgan fingerprint density at radius 2 is 1.49 bits per heavy atom. The Balaban J connectivity index is 1.07. The van der Waals surface area contributed by atoms with E-state index in [2.05, 4.69) is 36.4 Å². The van der Waals surface area contributed by atoms with Crippen molar-refractivity contribution in [1.82, 2.24) is 15.2 Å². The predicted molar refractivity (Wildman–Crippen MR) is 237 cm³/mol. The highest BCUT2D eigenvalue weighted by atomic mass is 16.6. The Morgan fingerprint density at radius 3 is 2.15 bits per heavy atom. The molecule has 0 aliphatic carbocycles. The molecule has 0 unspecified atom stereocenters. The zero-order chi connectivity index (χ0) is 43.5. The van der Waals surface area contributed by atoms with Gasteiger partial charge in [0.05, 0.1) is 58.7 Å². The maximum atomic E-state index is 13.6. The molecule has 1 aromatic heterocycles. The van der Waals surface area contributed by atoms with Gasteiger partial charge in [0.15, 0.2) is 0 Å². The average Bonchev–Trinajstić information content (AvgIpc) is 3.74. The first-order valence-corrected chi connectivity index (χ1v) is 21.5. The number of hydrogen-bond acceptors (Lipinski definition) is 10. The second-order valence-electron chi connectivity index (χ2n) is 16.5. The highest BCUT2D eigenvalue weighted by molar-refractivity contribution is 6.00. The van der Waals surface area contributed by atoms with Crippen molar-refractivity contribution in [2.75, 3.05) is 77.9 Å². The predicted octanol–water partition coefficient (Wildman–Crippen LogP) is 7.61. The van der Waals surface area contributed by atoms with Crippen LogP contribution in [0.1, 0.15) is 76.5 Å². The van der Waals surface area contributed by atoms with E-state index in [-0.39, 0.29) is 23.7 Å². The second-order valence-corrected chi connectivity index (χ2v) is 16.5. The lowest BCUT2D eigenvalue weighted by Crippen LogP contribution is -2.47. The largest absolute Gasteiger partial charge is 0.491 e. The Kier molecular flexibility index (Phi) is 18.8. The van der Waals surface area contributed by atoms with E-state index >= 15 is 0 Å². The van der Waals surface area contributed by atoms with Crippen LogP contribution in [0.25, 0.3) is 21.9 Å². The van der Waals surface area contributed by atoms with Gasteiger partial charge in [-0.2, -0.15) is 0 Å². The summed E-state index contributed by atoms with van der Waals surface area (Å²) in [6, 6.07) is 22.0. The molecular formula is C48H64N4O9. The highest BCUT2D eigenvalue weighted by Crippen LogP contribution is 2.35. The number of nitrogens with zero attached hydrogens (tertiary/aromatic N) is 2. The molecule has 3 N–H and O–H groups in total. The number of fused-ring (bicyclic) bond motifs is 1. The maximum absolute atomic E-state index is 13.6. The number of aryl methyl sites for hydroxylation is 1. The molecule has 61 heavy (non-hydrogen) atoms. The molecule has 5 rings (SSSR count). The Morgan fingerprint density at radius 1 is 0.836 bits per heavy atom. The van der Waals surface area contributed by atoms with Crippen LogP contribution >= 0.6 is 0 Å². The van der Waals surface area contributed by atoms with Gasteiger partial charge in [0, 0.05) is 37.7 Å². The molecule has 1 fully saturated rings. The fourth-order valence-electron chi connectivity index (χ4n) is 7.16. The molecule has 13 nitrogen and oxygen atoms in total. The fourth-order valence-corrected chi connectivity index (χ4v) is 7.16. The Hall–Kier alpha value is -5.08. The number of carboxylic acids is 1. The van der Waals surface area contributed by atoms with Crippen LogP contribution in [0.15, 0.2) is 79.0 Å². The van der Waals surface area contributed by atoms with Crippen LogP contribution in [0.3, 0.4) is 0 Å². The third-order valence-electron chi connectivity index (χ3n) is 10.5. The molecule has 2 heterocycles. The van der Waals surface area contributed by atoms with Crippen molar-refractivity contribution < 1.29 is 43.2 Å². The minimum Gasteiger partial charge on any atom is -0.491 e. The van der Waals surface area contributed by atoms with Gasteiger partial charge >= 0.3 is 5.97 Å². The number of carboxylic acid groups (broad SMARTS) is 1. The van der Waals surface area contributed by atoms with Gasteiger partial charge in [0.25, 0.3) is 0 Å². The number of carbonyl (C=O) groups excluding carboxylic acids is 2. The number of rotatable bonds is 26. The number of aliphatic carboxylic acids is 1. The summed E-state index contributed by atoms with van der Waals surface area (Å²) in [5.74, 6) is 0.0476. The van der Waals surface area contributed by atoms with Crippen molar-refractivity contribution in [3.8, 4) is 16.9 Å². The summed E-state index contributed by atoms with van der Waals surface area (Å²) in [5.41, 5.74) is 3.96. The van der Waals surface area contributed by atoms with E-state index in [1.807, 2.05) is 79.7 Å². The lowest BCUT2D eigenvalue weighted by atomic mass is 9.93. The van der Waals surface area contributed by atoms with Gasteiger partial charge in [0.2, 0.25) is 11.8 Å². The van der Waals surface area contributed by atoms with E-state index in [4.69, 9.17) is 23.7 Å². The summed E-state index contributed by atoms with van der Waals surface area (Å²) in [6.45, 7) is 14.3. The number of anilines is 1. The molecule has 0 saturated carbocycles. The summed E-state index contributed by atoms with van der Waals surface area (Å²) in [6.07, 6.45) is 4.60. The van der Waals surface area contributed by atoms with Crippen molar-refractivity contribution in [3.05, 3.63) is 90.1 Å². The van der Waals surface area contributed by atoms with Crippen LogP contribution in [0.4, 0.5) is 5.82 Å². The molecule has 1 saturated heterocycles. The standard InChI is InChI=1S/C48H64N4O9/c1-35-19-22-50-44(33-35)49-21-7-12-45(53)52-23-8-11-42(52)47(56)51-41(34-46(54)55)37-15-13-36(14-16-37)38-17-18-43(40-10-6-5-9-39(38)40)61-32-31-60-30-29-59-28-27-58-26-25-57-24-20-48(2,3)4/h5-6,9-10,13-19,22,33,41-42H,7-8,11-12,20-21,23-32,34H2,1-4H3,(H,49,50)(H,51,56)(H,54,55)/t41-,42-/m0/s1. The van der Waals surface area contributed by atoms with Gasteiger partial charge in [-0.15, -0.1) is 0 Å². The lowest BCUT2D eigenvalue weighted by Gasteiger charge is -2.26. The third kappa shape index (κ3) is 15.7. The molecule has 1 aliphatic rings. The van der Waals surface area contributed by atoms with E-state index in [0.29, 0.717) is 97.2 Å². The van der Waals surface area contributed by atoms with Crippen molar-refractivity contribution in [1.29, 1.82) is 0 Å². The molecule has 2 atom stereocenters. The number of hydrogen-bond donors (Lipinski definition) is 3. The first-order chi connectivity index (χ1) is 29.5. The number of carbonyl (C=O) groups is 3. The van der Waals surface area contributed by atoms with Crippen LogP contribution in [0.5, 0.6) is 5.75 Å². The van der Waals surface area contributed by atoms with Crippen LogP contribution in [-0.4, -0.2) is 111 Å². The van der Waals surface area contributed by atoms with Crippen molar-refractivity contribution in [3.63, 3.8) is 0 Å². The van der Waals surface area contributed by atoms with Gasteiger partial charge in [-0.05, 0) is 83.9 Å². The van der Waals surface area contributed by atoms with Crippen molar-refractivity contribution in [2.24, 2.45) is 5.41 Å². The van der Waals surface area contributed by atoms with Crippen LogP contribution < -0.4 is 15.4 Å². The SMILES string of the molecule is Cc1ccnc(NCCCC(=O)N2CCC[C@H]2C(=O)N[C@@H](CC(=O)O)c2ccc(-c3ccc(OCCOCCOCCOCCOCCC(C)(C)C)c4ccccc34)cc2)c1. The van der Waals surface area contributed by atoms with Crippen molar-refractivity contribution >= 4 is 34.4 Å². The monoisotopic (exact) mass is 840 g/mol. The van der Waals surface area contributed by atoms with Gasteiger partial charge in [-0.25, -0.2) is 4.98 Å². The molecule has 330 valence electrons. The highest BCUT2D eigenvalue weighted by Gasteiger charge is 2.35. The number of aromatic nitrogens is 1. The number of likely N-dealkylation sites (tertiary alicyclic amines) is 1. The van der Waals surface area contributed by atoms with E-state index in [0.717, 1.165) is 52.1 Å². The molecule has 4 aromatic rings. The van der Waals surface area contributed by atoms with Gasteiger partial charge in [-0.1, -0.05) is 75.4 Å². The number of nitrogens with one attached hydrogen (secondary N) is 2. The minimum atomic E-state index is -1.03. The smallest absolute Gasteiger partial charge is 0.305 e. The summed E-state index contributed by atoms with van der Waals surface area (Å²) in [5, 5.41) is 18.0. The van der Waals surface area contributed by atoms with E-state index < -0.39 is 18.1 Å². The van der Waals surface area contributed by atoms with E-state index in [1.165, 1.54) is 0 Å². The summed E-state index contributed by atoms with van der Waals surface area (Å²) in [7, 11) is 0. The topological polar surface area (TPSA) is 158 Å². The molecule has 1 aliphatic heterocycles. The second kappa shape index (κ2) is 24.4. The number of benzene rings is 3. The van der Waals surface area contributed by atoms with Gasteiger partial charge in [0.1, 0.15) is 24.2 Å². The van der Waals surface area contributed by atoms with Gasteiger partial charge < -0.3 is 44.3 Å². The first kappa shape index (κ1) is 47.0. The minimum absolute atomic E-state index is 0.0875. The molecule has 0 spiro atoms. The zero-order valence-corrected chi connectivity index (χ0v) is 36.3. The van der Waals surface area contributed by atoms with Crippen LogP contribution in [0.2, 0.25) is 0 Å². The van der Waals surface area contributed by atoms with E-state index in [9.17, 15) is 19.5 Å². The summed E-state index contributed by atoms with van der Waals surface area (Å²) < 4.78 is 28.6. The summed E-state index contributed by atoms with van der Waals surface area (Å²) >= 11 is 0. The lowest BCUT2D eigenvalue weighted by molar-refractivity contribution is -0.140. The molecular weight excluding hydrogens is 777 g/mol. The molecule has 0 bridgehead atoms. The molecule has 2 amide bonds. The van der Waals surface area contributed by atoms with Crippen LogP contribution in [-0.2, 0) is 33.3 Å². The number of ether oxygens (including phenoxy) is 5. The molecule has 0 radical (unpaired) electrons. The normalized spacial score (nSPS) is 14.6. The Labute approximate surface area is 360 Å². The van der Waals surface area contributed by atoms with E-state index in [1.54, 1.807) is 11.1 Å². The number of pyridine rings is 1. The van der Waals surface area contributed by atoms with Crippen LogP contribution in [0, 0.1) is 12.3 Å².